The zero-order valence-corrected chi connectivity index (χ0v) is 10.0. The van der Waals surface area contributed by atoms with Gasteiger partial charge in [-0.15, -0.1) is 0 Å². The molecule has 0 bridgehead atoms. The van der Waals surface area contributed by atoms with Crippen LogP contribution < -0.4 is 0 Å². The maximum absolute atomic E-state index is 11.9. The van der Waals surface area contributed by atoms with Gasteiger partial charge in [0.05, 0.1) is 0 Å². The molecule has 0 unspecified atom stereocenters. The van der Waals surface area contributed by atoms with Crippen molar-refractivity contribution in [3.8, 4) is 0 Å². The minimum absolute atomic E-state index is 0.444. The number of ketones is 1. The van der Waals surface area contributed by atoms with Gasteiger partial charge in [-0.25, -0.2) is 0 Å². The molecule has 90 valence electrons. The van der Waals surface area contributed by atoms with Crippen LogP contribution in [0.15, 0.2) is 11.6 Å². The van der Waals surface area contributed by atoms with Gasteiger partial charge in [0, 0.05) is 26.1 Å². The quantitative estimate of drug-likeness (QED) is 0.682. The van der Waals surface area contributed by atoms with Gasteiger partial charge in [0.1, 0.15) is 5.78 Å². The van der Waals surface area contributed by atoms with E-state index in [1.165, 1.54) is 24.8 Å². The van der Waals surface area contributed by atoms with Crippen LogP contribution in [0.3, 0.4) is 0 Å². The second-order valence-corrected chi connectivity index (χ2v) is 5.08. The minimum Gasteiger partial charge on any atom is -0.381 e. The molecule has 2 heteroatoms. The lowest BCUT2D eigenvalue weighted by Crippen LogP contribution is -2.19. The highest BCUT2D eigenvalue weighted by molar-refractivity contribution is 5.81. The summed E-state index contributed by atoms with van der Waals surface area (Å²) < 4.78 is 5.31. The Bertz CT molecular complexity index is 262. The number of carbonyl (C=O) groups excluding carboxylic acids is 1. The first kappa shape index (κ1) is 11.8. The zero-order chi connectivity index (χ0) is 11.2. The van der Waals surface area contributed by atoms with Gasteiger partial charge in [-0.3, -0.25) is 4.79 Å². The molecule has 0 aromatic carbocycles. The second-order valence-electron chi connectivity index (χ2n) is 5.08. The van der Waals surface area contributed by atoms with Gasteiger partial charge in [-0.2, -0.15) is 0 Å². The van der Waals surface area contributed by atoms with Gasteiger partial charge in [0.2, 0.25) is 0 Å². The molecule has 0 aromatic heterocycles. The van der Waals surface area contributed by atoms with Crippen molar-refractivity contribution in [2.45, 2.75) is 51.4 Å². The Labute approximate surface area is 98.1 Å². The van der Waals surface area contributed by atoms with Crippen molar-refractivity contribution in [3.63, 3.8) is 0 Å². The lowest BCUT2D eigenvalue weighted by molar-refractivity contribution is -0.120. The lowest BCUT2D eigenvalue weighted by atomic mass is 9.89. The predicted molar refractivity (Wildman–Crippen MR) is 64.3 cm³/mol. The van der Waals surface area contributed by atoms with Crippen molar-refractivity contribution >= 4 is 5.78 Å². The molecule has 1 saturated heterocycles. The molecule has 0 spiro atoms. The average molecular weight is 222 g/mol. The molecule has 2 nitrogen and oxygen atoms in total. The van der Waals surface area contributed by atoms with E-state index in [2.05, 4.69) is 6.08 Å². The monoisotopic (exact) mass is 222 g/mol. The Hall–Kier alpha value is -0.630. The summed E-state index contributed by atoms with van der Waals surface area (Å²) in [5, 5.41) is 0. The van der Waals surface area contributed by atoms with Crippen LogP contribution in [0.5, 0.6) is 0 Å². The van der Waals surface area contributed by atoms with Crippen molar-refractivity contribution < 1.29 is 9.53 Å². The van der Waals surface area contributed by atoms with Crippen LogP contribution in [-0.4, -0.2) is 19.0 Å². The molecule has 0 amide bonds. The van der Waals surface area contributed by atoms with E-state index in [0.29, 0.717) is 11.7 Å². The van der Waals surface area contributed by atoms with Crippen molar-refractivity contribution in [1.29, 1.82) is 0 Å². The number of allylic oxidation sites excluding steroid dienone is 2. The van der Waals surface area contributed by atoms with Gasteiger partial charge in [-0.05, 0) is 44.4 Å². The van der Waals surface area contributed by atoms with Gasteiger partial charge in [0.15, 0.2) is 0 Å². The van der Waals surface area contributed by atoms with Crippen LogP contribution >= 0.6 is 0 Å². The van der Waals surface area contributed by atoms with Crippen LogP contribution in [-0.2, 0) is 9.53 Å². The summed E-state index contributed by atoms with van der Waals surface area (Å²) in [4.78, 5) is 11.9. The zero-order valence-electron chi connectivity index (χ0n) is 10.0. The summed E-state index contributed by atoms with van der Waals surface area (Å²) in [5.41, 5.74) is 1.39. The van der Waals surface area contributed by atoms with Crippen LogP contribution in [0.4, 0.5) is 0 Å². The Morgan fingerprint density at radius 3 is 2.81 bits per heavy atom. The minimum atomic E-state index is 0.444. The maximum Gasteiger partial charge on any atom is 0.137 e. The number of rotatable bonds is 4. The molecule has 2 rings (SSSR count). The SMILES string of the molecule is O=C(CC1=CCCCC1)CC1CCOCC1. The van der Waals surface area contributed by atoms with Crippen LogP contribution in [0.1, 0.15) is 51.4 Å². The standard InChI is InChI=1S/C14H22O2/c15-14(10-12-4-2-1-3-5-12)11-13-6-8-16-9-7-13/h4,13H,1-3,5-11H2. The second kappa shape index (κ2) is 6.19. The van der Waals surface area contributed by atoms with Crippen molar-refractivity contribution in [3.05, 3.63) is 11.6 Å². The lowest BCUT2D eigenvalue weighted by Gasteiger charge is -2.21. The molecule has 1 fully saturated rings. The first-order valence-electron chi connectivity index (χ1n) is 6.62. The molecule has 1 heterocycles. The molecule has 1 aliphatic heterocycles. The normalized spacial score (nSPS) is 22.9. The summed E-state index contributed by atoms with van der Waals surface area (Å²) in [7, 11) is 0. The highest BCUT2D eigenvalue weighted by atomic mass is 16.5. The van der Waals surface area contributed by atoms with Crippen molar-refractivity contribution in [1.82, 2.24) is 0 Å². The molecule has 0 atom stereocenters. The number of hydrogen-bond acceptors (Lipinski definition) is 2. The number of hydrogen-bond donors (Lipinski definition) is 0. The van der Waals surface area contributed by atoms with Crippen LogP contribution in [0.2, 0.25) is 0 Å². The molecule has 2 aliphatic rings. The molecule has 16 heavy (non-hydrogen) atoms. The predicted octanol–water partition coefficient (Wildman–Crippen LogP) is 3.26. The first-order valence-corrected chi connectivity index (χ1v) is 6.62. The number of Topliss-reactive ketones (excluding diaryl/α,β-unsaturated/α-hetero) is 1. The molecule has 0 N–H and O–H groups in total. The third kappa shape index (κ3) is 3.75. The highest BCUT2D eigenvalue weighted by Crippen LogP contribution is 2.24. The largest absolute Gasteiger partial charge is 0.381 e. The van der Waals surface area contributed by atoms with Gasteiger partial charge < -0.3 is 4.74 Å². The van der Waals surface area contributed by atoms with Crippen LogP contribution in [0.25, 0.3) is 0 Å². The Morgan fingerprint density at radius 1 is 1.31 bits per heavy atom. The molecule has 0 radical (unpaired) electrons. The summed E-state index contributed by atoms with van der Waals surface area (Å²) in [6, 6.07) is 0. The number of carbonyl (C=O) groups is 1. The third-order valence-corrected chi connectivity index (χ3v) is 3.67. The number of ether oxygens (including phenoxy) is 1. The first-order chi connectivity index (χ1) is 7.84. The summed E-state index contributed by atoms with van der Waals surface area (Å²) >= 11 is 0. The molecule has 0 aromatic rings. The summed E-state index contributed by atoms with van der Waals surface area (Å²) in [5.74, 6) is 1.03. The maximum atomic E-state index is 11.9. The van der Waals surface area contributed by atoms with E-state index in [1.807, 2.05) is 0 Å². The molecule has 1 aliphatic carbocycles. The highest BCUT2D eigenvalue weighted by Gasteiger charge is 2.18. The molecular weight excluding hydrogens is 200 g/mol. The van der Waals surface area contributed by atoms with Gasteiger partial charge >= 0.3 is 0 Å². The fourth-order valence-corrected chi connectivity index (χ4v) is 2.66. The van der Waals surface area contributed by atoms with E-state index in [1.54, 1.807) is 0 Å². The van der Waals surface area contributed by atoms with E-state index in [-0.39, 0.29) is 0 Å². The Morgan fingerprint density at radius 2 is 2.12 bits per heavy atom. The van der Waals surface area contributed by atoms with E-state index in [0.717, 1.165) is 45.3 Å². The van der Waals surface area contributed by atoms with Crippen LogP contribution in [0, 0.1) is 5.92 Å². The Balaban J connectivity index is 1.72. The van der Waals surface area contributed by atoms with Gasteiger partial charge in [-0.1, -0.05) is 11.6 Å². The van der Waals surface area contributed by atoms with E-state index in [4.69, 9.17) is 4.74 Å². The van der Waals surface area contributed by atoms with Crippen molar-refractivity contribution in [2.75, 3.05) is 13.2 Å². The fraction of sp³-hybridized carbons (Fsp3) is 0.786. The molecular formula is C14H22O2. The fourth-order valence-electron chi connectivity index (χ4n) is 2.66. The summed E-state index contributed by atoms with van der Waals surface area (Å²) in [6.45, 7) is 1.70. The van der Waals surface area contributed by atoms with Crippen molar-refractivity contribution in [2.24, 2.45) is 5.92 Å². The van der Waals surface area contributed by atoms with E-state index in [9.17, 15) is 4.79 Å². The molecule has 0 saturated carbocycles. The smallest absolute Gasteiger partial charge is 0.137 e. The topological polar surface area (TPSA) is 26.3 Å². The van der Waals surface area contributed by atoms with Gasteiger partial charge in [0.25, 0.3) is 0 Å². The van der Waals surface area contributed by atoms with E-state index < -0.39 is 0 Å². The Kier molecular flexibility index (Phi) is 4.58. The third-order valence-electron chi connectivity index (χ3n) is 3.67. The average Bonchev–Trinajstić information content (AvgIpc) is 2.31. The van der Waals surface area contributed by atoms with E-state index >= 15 is 0 Å². The summed E-state index contributed by atoms with van der Waals surface area (Å²) in [6.07, 6.45) is 10.8.